The number of carbonyl (C=O) groups excluding carboxylic acids is 2. The Morgan fingerprint density at radius 1 is 1.30 bits per heavy atom. The number of carboxylic acid groups (broad SMARTS) is 1. The van der Waals surface area contributed by atoms with E-state index < -0.39 is 11.4 Å². The van der Waals surface area contributed by atoms with E-state index in [1.165, 1.54) is 11.0 Å². The molecule has 0 bridgehead atoms. The van der Waals surface area contributed by atoms with Crippen molar-refractivity contribution in [3.05, 3.63) is 35.4 Å². The van der Waals surface area contributed by atoms with Gasteiger partial charge in [0, 0.05) is 13.0 Å². The van der Waals surface area contributed by atoms with E-state index in [9.17, 15) is 14.4 Å². The first-order chi connectivity index (χ1) is 9.33. The number of benzene rings is 1. The first-order valence-corrected chi connectivity index (χ1v) is 6.49. The molecule has 0 aliphatic carbocycles. The molecule has 0 saturated carbocycles. The number of rotatable bonds is 4. The number of nitrogens with zero attached hydrogens (tertiary/aromatic N) is 1. The maximum Gasteiger partial charge on any atom is 0.335 e. The van der Waals surface area contributed by atoms with Gasteiger partial charge in [0.1, 0.15) is 0 Å². The summed E-state index contributed by atoms with van der Waals surface area (Å²) in [5.41, 5.74) is 0.194. The monoisotopic (exact) mass is 275 g/mol. The average Bonchev–Trinajstić information content (AvgIpc) is 2.57. The summed E-state index contributed by atoms with van der Waals surface area (Å²) in [6.45, 7) is 3.72. The summed E-state index contributed by atoms with van der Waals surface area (Å²) in [7, 11) is 0. The van der Waals surface area contributed by atoms with Crippen LogP contribution in [0.25, 0.3) is 0 Å². The molecular weight excluding hydrogens is 258 g/mol. The van der Waals surface area contributed by atoms with E-state index in [0.717, 1.165) is 0 Å². The van der Waals surface area contributed by atoms with Gasteiger partial charge in [-0.25, -0.2) is 4.79 Å². The van der Waals surface area contributed by atoms with E-state index in [1.54, 1.807) is 32.0 Å². The van der Waals surface area contributed by atoms with Crippen LogP contribution in [0.15, 0.2) is 24.3 Å². The van der Waals surface area contributed by atoms with Crippen LogP contribution in [0, 0.1) is 5.41 Å². The summed E-state index contributed by atoms with van der Waals surface area (Å²) in [4.78, 5) is 36.2. The predicted octanol–water partition coefficient (Wildman–Crippen LogP) is 1.71. The number of likely N-dealkylation sites (tertiary alicyclic amines) is 1. The van der Waals surface area contributed by atoms with E-state index in [-0.39, 0.29) is 30.3 Å². The number of amides is 2. The van der Waals surface area contributed by atoms with Crippen LogP contribution < -0.4 is 0 Å². The van der Waals surface area contributed by atoms with Gasteiger partial charge in [0.05, 0.1) is 11.0 Å². The van der Waals surface area contributed by atoms with Gasteiger partial charge in [-0.05, 0) is 18.1 Å². The molecule has 2 rings (SSSR count). The van der Waals surface area contributed by atoms with Gasteiger partial charge in [0.25, 0.3) is 0 Å². The number of aromatic carboxylic acids is 1. The Bertz CT molecular complexity index is 577. The highest BCUT2D eigenvalue weighted by Crippen LogP contribution is 2.31. The number of imide groups is 1. The Hall–Kier alpha value is -2.17. The van der Waals surface area contributed by atoms with Crippen molar-refractivity contribution in [3.63, 3.8) is 0 Å². The lowest BCUT2D eigenvalue weighted by molar-refractivity contribution is -0.140. The van der Waals surface area contributed by atoms with Gasteiger partial charge in [-0.3, -0.25) is 14.5 Å². The Balaban J connectivity index is 2.12. The first kappa shape index (κ1) is 14.2. The van der Waals surface area contributed by atoms with Crippen molar-refractivity contribution in [2.45, 2.75) is 26.7 Å². The van der Waals surface area contributed by atoms with Gasteiger partial charge in [-0.2, -0.15) is 0 Å². The maximum absolute atomic E-state index is 12.1. The Labute approximate surface area is 117 Å². The minimum atomic E-state index is -1.000. The third-order valence-corrected chi connectivity index (χ3v) is 3.57. The van der Waals surface area contributed by atoms with Gasteiger partial charge in [0.15, 0.2) is 0 Å². The van der Waals surface area contributed by atoms with Crippen molar-refractivity contribution >= 4 is 17.8 Å². The zero-order chi connectivity index (χ0) is 14.9. The van der Waals surface area contributed by atoms with Crippen molar-refractivity contribution in [1.29, 1.82) is 0 Å². The topological polar surface area (TPSA) is 74.7 Å². The lowest BCUT2D eigenvalue weighted by Gasteiger charge is -2.18. The van der Waals surface area contributed by atoms with Crippen molar-refractivity contribution in [2.24, 2.45) is 5.41 Å². The second kappa shape index (κ2) is 5.07. The Morgan fingerprint density at radius 2 is 1.95 bits per heavy atom. The van der Waals surface area contributed by atoms with Crippen LogP contribution in [0.3, 0.4) is 0 Å². The van der Waals surface area contributed by atoms with Crippen molar-refractivity contribution in [1.82, 2.24) is 4.90 Å². The van der Waals surface area contributed by atoms with Gasteiger partial charge >= 0.3 is 5.97 Å². The molecule has 1 N–H and O–H groups in total. The molecule has 1 aromatic carbocycles. The van der Waals surface area contributed by atoms with Crippen LogP contribution in [-0.2, 0) is 16.0 Å². The van der Waals surface area contributed by atoms with E-state index in [1.807, 2.05) is 0 Å². The standard InChI is InChI=1S/C15H17NO4/c1-15(2)9-12(17)16(14(15)20)8-7-10-5-3-4-6-11(10)13(18)19/h3-6H,7-9H2,1-2H3,(H,18,19). The summed E-state index contributed by atoms with van der Waals surface area (Å²) in [5.74, 6) is -1.37. The molecule has 2 amide bonds. The maximum atomic E-state index is 12.1. The lowest BCUT2D eigenvalue weighted by atomic mass is 9.92. The second-order valence-electron chi connectivity index (χ2n) is 5.62. The summed E-state index contributed by atoms with van der Waals surface area (Å²) in [6.07, 6.45) is 0.572. The van der Waals surface area contributed by atoms with Crippen LogP contribution in [-0.4, -0.2) is 34.3 Å². The van der Waals surface area contributed by atoms with Gasteiger partial charge in [-0.15, -0.1) is 0 Å². The highest BCUT2D eigenvalue weighted by atomic mass is 16.4. The van der Waals surface area contributed by atoms with E-state index in [2.05, 4.69) is 0 Å². The quantitative estimate of drug-likeness (QED) is 0.849. The molecule has 0 spiro atoms. The SMILES string of the molecule is CC1(C)CC(=O)N(CCc2ccccc2C(=O)O)C1=O. The summed E-state index contributed by atoms with van der Waals surface area (Å²) < 4.78 is 0. The van der Waals surface area contributed by atoms with Crippen LogP contribution in [0.1, 0.15) is 36.2 Å². The largest absolute Gasteiger partial charge is 0.478 e. The van der Waals surface area contributed by atoms with Gasteiger partial charge < -0.3 is 5.11 Å². The molecule has 1 fully saturated rings. The van der Waals surface area contributed by atoms with E-state index >= 15 is 0 Å². The molecule has 5 heteroatoms. The summed E-state index contributed by atoms with van der Waals surface area (Å²) in [6, 6.07) is 6.64. The van der Waals surface area contributed by atoms with E-state index in [0.29, 0.717) is 12.0 Å². The molecule has 20 heavy (non-hydrogen) atoms. The fourth-order valence-electron chi connectivity index (χ4n) is 2.43. The number of carboxylic acids is 1. The molecular formula is C15H17NO4. The van der Waals surface area contributed by atoms with E-state index in [4.69, 9.17) is 5.11 Å². The minimum absolute atomic E-state index is 0.185. The van der Waals surface area contributed by atoms with Crippen molar-refractivity contribution < 1.29 is 19.5 Å². The van der Waals surface area contributed by atoms with Crippen molar-refractivity contribution in [3.8, 4) is 0 Å². The van der Waals surface area contributed by atoms with Crippen LogP contribution in [0.2, 0.25) is 0 Å². The zero-order valence-electron chi connectivity index (χ0n) is 11.5. The molecule has 5 nitrogen and oxygen atoms in total. The minimum Gasteiger partial charge on any atom is -0.478 e. The molecule has 0 atom stereocenters. The Morgan fingerprint density at radius 3 is 2.50 bits per heavy atom. The molecule has 1 aromatic rings. The summed E-state index contributed by atoms with van der Waals surface area (Å²) in [5, 5.41) is 9.10. The summed E-state index contributed by atoms with van der Waals surface area (Å²) >= 11 is 0. The number of carbonyl (C=O) groups is 3. The third kappa shape index (κ3) is 2.57. The van der Waals surface area contributed by atoms with Crippen LogP contribution >= 0.6 is 0 Å². The molecule has 1 aliphatic heterocycles. The predicted molar refractivity (Wildman–Crippen MR) is 72.2 cm³/mol. The smallest absolute Gasteiger partial charge is 0.335 e. The highest BCUT2D eigenvalue weighted by molar-refractivity contribution is 6.05. The number of hydrogen-bond donors (Lipinski definition) is 1. The molecule has 0 unspecified atom stereocenters. The Kier molecular flexibility index (Phi) is 3.61. The molecule has 1 saturated heterocycles. The zero-order valence-corrected chi connectivity index (χ0v) is 11.5. The molecule has 1 heterocycles. The lowest BCUT2D eigenvalue weighted by Crippen LogP contribution is -2.34. The van der Waals surface area contributed by atoms with Gasteiger partial charge in [-0.1, -0.05) is 32.0 Å². The average molecular weight is 275 g/mol. The first-order valence-electron chi connectivity index (χ1n) is 6.49. The van der Waals surface area contributed by atoms with Gasteiger partial charge in [0.2, 0.25) is 11.8 Å². The molecule has 106 valence electrons. The van der Waals surface area contributed by atoms with Crippen LogP contribution in [0.5, 0.6) is 0 Å². The molecule has 1 aliphatic rings. The second-order valence-corrected chi connectivity index (χ2v) is 5.62. The molecule has 0 aromatic heterocycles. The van der Waals surface area contributed by atoms with Crippen LogP contribution in [0.4, 0.5) is 0 Å². The molecule has 0 radical (unpaired) electrons. The fraction of sp³-hybridized carbons (Fsp3) is 0.400. The number of hydrogen-bond acceptors (Lipinski definition) is 3. The fourth-order valence-corrected chi connectivity index (χ4v) is 2.43. The highest BCUT2D eigenvalue weighted by Gasteiger charge is 2.44. The third-order valence-electron chi connectivity index (χ3n) is 3.57. The normalized spacial score (nSPS) is 17.6. The van der Waals surface area contributed by atoms with Crippen molar-refractivity contribution in [2.75, 3.05) is 6.54 Å².